The third-order valence-electron chi connectivity index (χ3n) is 9.60. The van der Waals surface area contributed by atoms with Crippen LogP contribution in [0.5, 0.6) is 0 Å². The van der Waals surface area contributed by atoms with Crippen LogP contribution in [0.1, 0.15) is 76.2 Å². The lowest BCUT2D eigenvalue weighted by molar-refractivity contribution is -0.169. The number of ether oxygens (including phenoxy) is 1. The van der Waals surface area contributed by atoms with Crippen molar-refractivity contribution in [1.82, 2.24) is 0 Å². The number of carbonyl (C=O) groups is 3. The topological polar surface area (TPSA) is 80.7 Å². The number of aliphatic hydroxyl groups is 1. The lowest BCUT2D eigenvalue weighted by Gasteiger charge is -2.62. The van der Waals surface area contributed by atoms with Gasteiger partial charge in [0.2, 0.25) is 0 Å². The van der Waals surface area contributed by atoms with Crippen molar-refractivity contribution in [2.75, 3.05) is 0 Å². The Hall–Kier alpha value is -1.14. The standard InChI is InChI=1S/C24H32O5S/c1-13(25)30-21-19-15(22(2)8-4-14(26)12-17(22)20(21)28)5-9-23(3)16(19)6-10-24(23)11-7-18(27)29-24/h12,15-16,19-21,28H,4-11H2,1-3H3/t15-,16-,19+,20-,21-,22+,23-,24+/m0/s1/i1D3. The van der Waals surface area contributed by atoms with Gasteiger partial charge >= 0.3 is 5.97 Å². The lowest BCUT2D eigenvalue weighted by Crippen LogP contribution is -2.61. The highest BCUT2D eigenvalue weighted by Gasteiger charge is 2.69. The molecule has 0 unspecified atom stereocenters. The number of hydrogen-bond donors (Lipinski definition) is 1. The van der Waals surface area contributed by atoms with Crippen molar-refractivity contribution in [3.05, 3.63) is 11.6 Å². The first-order valence-corrected chi connectivity index (χ1v) is 12.1. The molecule has 0 amide bonds. The number of thioether (sulfide) groups is 1. The van der Waals surface area contributed by atoms with Gasteiger partial charge in [0.1, 0.15) is 5.60 Å². The first-order chi connectivity index (χ1) is 15.3. The van der Waals surface area contributed by atoms with Crippen molar-refractivity contribution in [3.63, 3.8) is 0 Å². The summed E-state index contributed by atoms with van der Waals surface area (Å²) in [5.74, 6) is -0.0374. The fraction of sp³-hybridized carbons (Fsp3) is 0.792. The molecule has 5 nitrogen and oxygen atoms in total. The van der Waals surface area contributed by atoms with Crippen LogP contribution in [0.3, 0.4) is 0 Å². The molecule has 8 atom stereocenters. The summed E-state index contributed by atoms with van der Waals surface area (Å²) < 4.78 is 28.8. The molecule has 6 heteroatoms. The Labute approximate surface area is 186 Å². The van der Waals surface area contributed by atoms with Gasteiger partial charge in [-0.1, -0.05) is 25.6 Å². The maximum atomic E-state index is 12.7. The first kappa shape index (κ1) is 17.4. The molecule has 4 fully saturated rings. The minimum atomic E-state index is -2.76. The summed E-state index contributed by atoms with van der Waals surface area (Å²) in [7, 11) is 0. The zero-order chi connectivity index (χ0) is 24.0. The largest absolute Gasteiger partial charge is 0.458 e. The van der Waals surface area contributed by atoms with E-state index in [1.807, 2.05) is 0 Å². The number of ketones is 1. The van der Waals surface area contributed by atoms with E-state index in [-0.39, 0.29) is 40.3 Å². The molecule has 3 saturated carbocycles. The van der Waals surface area contributed by atoms with Gasteiger partial charge in [-0.2, -0.15) is 0 Å². The SMILES string of the molecule is [2H]C([2H])([2H])C(=O)S[C@H]1[C@@H]2[C@H](CC[C@@]3(C)[C@H]2CC[C@@]32CCC(=O)O2)[C@@]2(C)CCC(=O)C=C2[C@@H]1O. The average molecular weight is 436 g/mol. The Morgan fingerprint density at radius 2 is 1.93 bits per heavy atom. The molecule has 4 aliphatic carbocycles. The van der Waals surface area contributed by atoms with E-state index < -0.39 is 28.9 Å². The highest BCUT2D eigenvalue weighted by Crippen LogP contribution is 2.70. The van der Waals surface area contributed by atoms with E-state index in [9.17, 15) is 19.5 Å². The molecule has 0 aromatic heterocycles. The van der Waals surface area contributed by atoms with Gasteiger partial charge in [-0.15, -0.1) is 0 Å². The quantitative estimate of drug-likeness (QED) is 0.631. The van der Waals surface area contributed by atoms with Crippen molar-refractivity contribution in [2.45, 2.75) is 89.0 Å². The van der Waals surface area contributed by atoms with Crippen LogP contribution >= 0.6 is 11.8 Å². The monoisotopic (exact) mass is 435 g/mol. The highest BCUT2D eigenvalue weighted by molar-refractivity contribution is 8.14. The third-order valence-corrected chi connectivity index (χ3v) is 10.7. The number of fused-ring (bicyclic) bond motifs is 6. The van der Waals surface area contributed by atoms with Gasteiger partial charge in [0.05, 0.1) is 6.10 Å². The highest BCUT2D eigenvalue weighted by atomic mass is 32.2. The summed E-state index contributed by atoms with van der Waals surface area (Å²) in [5, 5.41) is 9.99. The van der Waals surface area contributed by atoms with E-state index in [4.69, 9.17) is 8.85 Å². The molecule has 0 radical (unpaired) electrons. The Morgan fingerprint density at radius 1 is 1.17 bits per heavy atom. The number of aliphatic hydroxyl groups excluding tert-OH is 1. The van der Waals surface area contributed by atoms with Gasteiger partial charge in [-0.25, -0.2) is 0 Å². The molecule has 30 heavy (non-hydrogen) atoms. The molecule has 5 aliphatic rings. The zero-order valence-electron chi connectivity index (χ0n) is 20.6. The molecule has 0 aromatic rings. The molecule has 5 rings (SSSR count). The summed E-state index contributed by atoms with van der Waals surface area (Å²) in [6.45, 7) is 1.56. The zero-order valence-corrected chi connectivity index (χ0v) is 18.4. The summed E-state index contributed by atoms with van der Waals surface area (Å²) >= 11 is 0.745. The summed E-state index contributed by atoms with van der Waals surface area (Å²) in [4.78, 5) is 37.1. The van der Waals surface area contributed by atoms with Crippen molar-refractivity contribution >= 4 is 28.6 Å². The fourth-order valence-electron chi connectivity index (χ4n) is 8.11. The smallest absolute Gasteiger partial charge is 0.306 e. The lowest BCUT2D eigenvalue weighted by atomic mass is 9.45. The molecule has 1 heterocycles. The van der Waals surface area contributed by atoms with Crippen molar-refractivity contribution < 1.29 is 28.3 Å². The predicted molar refractivity (Wildman–Crippen MR) is 114 cm³/mol. The van der Waals surface area contributed by atoms with Crippen LogP contribution < -0.4 is 0 Å². The van der Waals surface area contributed by atoms with E-state index in [1.165, 1.54) is 0 Å². The molecule has 164 valence electrons. The second-order valence-electron chi connectivity index (χ2n) is 10.6. The van der Waals surface area contributed by atoms with Crippen LogP contribution in [0, 0.1) is 28.6 Å². The molecule has 1 N–H and O–H groups in total. The van der Waals surface area contributed by atoms with E-state index >= 15 is 0 Å². The number of hydrogen-bond acceptors (Lipinski definition) is 6. The van der Waals surface area contributed by atoms with Gasteiger partial charge in [0.25, 0.3) is 0 Å². The van der Waals surface area contributed by atoms with Crippen molar-refractivity contribution in [3.8, 4) is 0 Å². The average Bonchev–Trinajstić information content (AvgIpc) is 3.25. The van der Waals surface area contributed by atoms with Gasteiger partial charge < -0.3 is 9.84 Å². The normalized spacial score (nSPS) is 51.8. The molecule has 1 aliphatic heterocycles. The van der Waals surface area contributed by atoms with E-state index in [2.05, 4.69) is 13.8 Å². The van der Waals surface area contributed by atoms with Gasteiger partial charge in [0.15, 0.2) is 10.9 Å². The number of esters is 1. The van der Waals surface area contributed by atoms with Crippen LogP contribution in [0.2, 0.25) is 0 Å². The minimum Gasteiger partial charge on any atom is -0.458 e. The second-order valence-corrected chi connectivity index (χ2v) is 11.7. The van der Waals surface area contributed by atoms with Crippen molar-refractivity contribution in [1.29, 1.82) is 0 Å². The van der Waals surface area contributed by atoms with Crippen LogP contribution in [-0.2, 0) is 19.1 Å². The molecular formula is C24H32O5S. The summed E-state index contributed by atoms with van der Waals surface area (Å²) in [6.07, 6.45) is 6.02. The maximum Gasteiger partial charge on any atom is 0.306 e. The van der Waals surface area contributed by atoms with Crippen molar-refractivity contribution in [2.24, 2.45) is 28.6 Å². The second kappa shape index (κ2) is 6.68. The first-order valence-electron chi connectivity index (χ1n) is 12.7. The van der Waals surface area contributed by atoms with E-state index in [0.717, 1.165) is 37.4 Å². The van der Waals surface area contributed by atoms with E-state index in [1.54, 1.807) is 6.08 Å². The number of rotatable bonds is 1. The van der Waals surface area contributed by atoms with Crippen LogP contribution in [-0.4, -0.2) is 38.9 Å². The van der Waals surface area contributed by atoms with Crippen LogP contribution in [0.25, 0.3) is 0 Å². The third kappa shape index (κ3) is 2.62. The Kier molecular flexibility index (Phi) is 3.88. The number of carbonyl (C=O) groups excluding carboxylic acids is 3. The van der Waals surface area contributed by atoms with Crippen LogP contribution in [0.4, 0.5) is 0 Å². The van der Waals surface area contributed by atoms with Gasteiger partial charge in [-0.3, -0.25) is 14.4 Å². The molecule has 0 bridgehead atoms. The summed E-state index contributed by atoms with van der Waals surface area (Å²) in [5.41, 5.74) is -0.474. The summed E-state index contributed by atoms with van der Waals surface area (Å²) in [6, 6.07) is 0. The van der Waals surface area contributed by atoms with E-state index in [0.29, 0.717) is 31.3 Å². The molecular weight excluding hydrogens is 400 g/mol. The van der Waals surface area contributed by atoms with Gasteiger partial charge in [0, 0.05) is 34.5 Å². The van der Waals surface area contributed by atoms with Crippen LogP contribution in [0.15, 0.2) is 11.6 Å². The Balaban J connectivity index is 1.59. The molecule has 1 spiro atoms. The molecule has 0 aromatic carbocycles. The fourth-order valence-corrected chi connectivity index (χ4v) is 9.17. The predicted octanol–water partition coefficient (Wildman–Crippen LogP) is 3.82. The van der Waals surface area contributed by atoms with Gasteiger partial charge in [-0.05, 0) is 73.3 Å². The minimum absolute atomic E-state index is 0.0239. The Morgan fingerprint density at radius 3 is 2.63 bits per heavy atom. The maximum absolute atomic E-state index is 12.7. The molecule has 1 saturated heterocycles. The Bertz CT molecular complexity index is 947.